The van der Waals surface area contributed by atoms with Crippen LogP contribution in [-0.2, 0) is 4.74 Å². The highest BCUT2D eigenvalue weighted by Gasteiger charge is 2.18. The van der Waals surface area contributed by atoms with Crippen LogP contribution in [0.25, 0.3) is 16.9 Å². The molecule has 6 heteroatoms. The topological polar surface area (TPSA) is 72.7 Å². The average molecular weight is 385 g/mol. The zero-order chi connectivity index (χ0) is 20.4. The van der Waals surface area contributed by atoms with E-state index in [1.54, 1.807) is 24.3 Å². The number of carbonyl (C=O) groups is 2. The van der Waals surface area contributed by atoms with Gasteiger partial charge in [-0.1, -0.05) is 36.4 Å². The van der Waals surface area contributed by atoms with Crippen molar-refractivity contribution in [2.75, 3.05) is 12.4 Å². The summed E-state index contributed by atoms with van der Waals surface area (Å²) < 4.78 is 6.57. The number of pyridine rings is 1. The van der Waals surface area contributed by atoms with Crippen LogP contribution >= 0.6 is 0 Å². The van der Waals surface area contributed by atoms with Crippen molar-refractivity contribution >= 4 is 23.3 Å². The summed E-state index contributed by atoms with van der Waals surface area (Å²) >= 11 is 0. The molecule has 4 rings (SSSR count). The number of ether oxygens (including phenoxy) is 1. The van der Waals surface area contributed by atoms with E-state index in [2.05, 4.69) is 5.32 Å². The molecule has 0 aliphatic heterocycles. The van der Waals surface area contributed by atoms with Gasteiger partial charge in [0.25, 0.3) is 5.91 Å². The second-order valence-corrected chi connectivity index (χ2v) is 6.63. The van der Waals surface area contributed by atoms with Crippen LogP contribution in [0.5, 0.6) is 0 Å². The average Bonchev–Trinajstić information content (AvgIpc) is 3.11. The van der Waals surface area contributed by atoms with Crippen molar-refractivity contribution in [2.45, 2.75) is 6.92 Å². The summed E-state index contributed by atoms with van der Waals surface area (Å²) in [6.07, 6.45) is 1.94. The lowest BCUT2D eigenvalue weighted by Gasteiger charge is -2.09. The van der Waals surface area contributed by atoms with Crippen LogP contribution < -0.4 is 5.32 Å². The lowest BCUT2D eigenvalue weighted by Crippen LogP contribution is -2.14. The number of amides is 1. The van der Waals surface area contributed by atoms with Crippen LogP contribution in [0.1, 0.15) is 26.3 Å². The van der Waals surface area contributed by atoms with Crippen LogP contribution in [0.4, 0.5) is 5.82 Å². The van der Waals surface area contributed by atoms with E-state index >= 15 is 0 Å². The number of hydrogen-bond acceptors (Lipinski definition) is 4. The standard InChI is InChI=1S/C23H19N3O3/c1-15-8-13-19-24-20(16-6-4-3-5-7-16)21(26(19)14-15)25-22(27)17-9-11-18(12-10-17)23(28)29-2/h3-14H,1-2H3,(H,25,27). The van der Waals surface area contributed by atoms with Crippen molar-refractivity contribution in [2.24, 2.45) is 0 Å². The van der Waals surface area contributed by atoms with E-state index in [9.17, 15) is 9.59 Å². The molecule has 2 aromatic carbocycles. The molecule has 0 spiro atoms. The molecule has 0 bridgehead atoms. The van der Waals surface area contributed by atoms with Crippen LogP contribution in [0.3, 0.4) is 0 Å². The summed E-state index contributed by atoms with van der Waals surface area (Å²) in [5.74, 6) is -0.139. The summed E-state index contributed by atoms with van der Waals surface area (Å²) in [7, 11) is 1.32. The third kappa shape index (κ3) is 3.60. The molecule has 0 radical (unpaired) electrons. The highest BCUT2D eigenvalue weighted by molar-refractivity contribution is 6.06. The lowest BCUT2D eigenvalue weighted by atomic mass is 10.1. The number of esters is 1. The Morgan fingerprint density at radius 1 is 0.931 bits per heavy atom. The summed E-state index contributed by atoms with van der Waals surface area (Å²) in [5.41, 5.74) is 4.21. The number of nitrogens with zero attached hydrogens (tertiary/aromatic N) is 2. The summed E-state index contributed by atoms with van der Waals surface area (Å²) in [6.45, 7) is 1.98. The Balaban J connectivity index is 1.74. The Morgan fingerprint density at radius 2 is 1.62 bits per heavy atom. The van der Waals surface area contributed by atoms with Gasteiger partial charge in [-0.05, 0) is 42.8 Å². The molecule has 0 saturated carbocycles. The second-order valence-electron chi connectivity index (χ2n) is 6.63. The number of hydrogen-bond donors (Lipinski definition) is 1. The quantitative estimate of drug-likeness (QED) is 0.530. The van der Waals surface area contributed by atoms with E-state index < -0.39 is 5.97 Å². The number of aromatic nitrogens is 2. The number of methoxy groups -OCH3 is 1. The molecule has 0 aliphatic carbocycles. The minimum atomic E-state index is -0.444. The molecule has 29 heavy (non-hydrogen) atoms. The Labute approximate surface area is 167 Å². The molecule has 4 aromatic rings. The van der Waals surface area contributed by atoms with Gasteiger partial charge in [-0.3, -0.25) is 9.20 Å². The van der Waals surface area contributed by atoms with Gasteiger partial charge in [-0.2, -0.15) is 0 Å². The SMILES string of the molecule is COC(=O)c1ccc(C(=O)Nc2c(-c3ccccc3)nc3ccc(C)cn23)cc1. The first-order valence-electron chi connectivity index (χ1n) is 9.10. The van der Waals surface area contributed by atoms with Crippen LogP contribution in [0.15, 0.2) is 72.9 Å². The number of fused-ring (bicyclic) bond motifs is 1. The van der Waals surface area contributed by atoms with Crippen LogP contribution in [0, 0.1) is 6.92 Å². The first-order valence-corrected chi connectivity index (χ1v) is 9.10. The Bertz CT molecular complexity index is 1200. The van der Waals surface area contributed by atoms with E-state index in [0.717, 1.165) is 16.8 Å². The molecule has 2 heterocycles. The van der Waals surface area contributed by atoms with Gasteiger partial charge in [-0.25, -0.2) is 9.78 Å². The fraction of sp³-hybridized carbons (Fsp3) is 0.0870. The highest BCUT2D eigenvalue weighted by atomic mass is 16.5. The second kappa shape index (κ2) is 7.59. The van der Waals surface area contributed by atoms with E-state index in [0.29, 0.717) is 22.6 Å². The largest absolute Gasteiger partial charge is 0.465 e. The van der Waals surface area contributed by atoms with E-state index in [-0.39, 0.29) is 5.91 Å². The highest BCUT2D eigenvalue weighted by Crippen LogP contribution is 2.29. The number of anilines is 1. The van der Waals surface area contributed by atoms with Gasteiger partial charge in [0.2, 0.25) is 0 Å². The maximum Gasteiger partial charge on any atom is 0.337 e. The predicted octanol–water partition coefficient (Wildman–Crippen LogP) is 4.35. The van der Waals surface area contributed by atoms with Crippen molar-refractivity contribution in [3.05, 3.63) is 89.6 Å². The third-order valence-electron chi connectivity index (χ3n) is 4.61. The normalized spacial score (nSPS) is 10.7. The monoisotopic (exact) mass is 385 g/mol. The zero-order valence-electron chi connectivity index (χ0n) is 16.0. The molecule has 0 fully saturated rings. The molecule has 0 saturated heterocycles. The van der Waals surface area contributed by atoms with Crippen molar-refractivity contribution in [3.63, 3.8) is 0 Å². The van der Waals surface area contributed by atoms with Crippen molar-refractivity contribution in [3.8, 4) is 11.3 Å². The smallest absolute Gasteiger partial charge is 0.337 e. The molecular weight excluding hydrogens is 366 g/mol. The molecular formula is C23H19N3O3. The lowest BCUT2D eigenvalue weighted by molar-refractivity contribution is 0.0600. The van der Waals surface area contributed by atoms with Gasteiger partial charge in [-0.15, -0.1) is 0 Å². The summed E-state index contributed by atoms with van der Waals surface area (Å²) in [4.78, 5) is 29.2. The number of carbonyl (C=O) groups excluding carboxylic acids is 2. The van der Waals surface area contributed by atoms with Gasteiger partial charge >= 0.3 is 5.97 Å². The Hall–Kier alpha value is -3.93. The van der Waals surface area contributed by atoms with Crippen LogP contribution in [-0.4, -0.2) is 28.4 Å². The Kier molecular flexibility index (Phi) is 4.83. The van der Waals surface area contributed by atoms with Gasteiger partial charge in [0.15, 0.2) is 0 Å². The van der Waals surface area contributed by atoms with Crippen molar-refractivity contribution in [1.29, 1.82) is 0 Å². The van der Waals surface area contributed by atoms with Gasteiger partial charge in [0.05, 0.1) is 12.7 Å². The minimum absolute atomic E-state index is 0.290. The summed E-state index contributed by atoms with van der Waals surface area (Å²) in [6, 6.07) is 19.9. The number of benzene rings is 2. The molecule has 0 aliphatic rings. The number of aryl methyl sites for hydroxylation is 1. The molecule has 1 amide bonds. The fourth-order valence-electron chi connectivity index (χ4n) is 3.12. The molecule has 144 valence electrons. The van der Waals surface area contributed by atoms with Gasteiger partial charge < -0.3 is 10.1 Å². The van der Waals surface area contributed by atoms with Crippen LogP contribution in [0.2, 0.25) is 0 Å². The first-order chi connectivity index (χ1) is 14.1. The molecule has 1 N–H and O–H groups in total. The molecule has 0 unspecified atom stereocenters. The summed E-state index contributed by atoms with van der Waals surface area (Å²) in [5, 5.41) is 2.98. The maximum atomic E-state index is 12.9. The first kappa shape index (κ1) is 18.4. The van der Waals surface area contributed by atoms with Crippen molar-refractivity contribution < 1.29 is 14.3 Å². The van der Waals surface area contributed by atoms with E-state index in [1.165, 1.54) is 7.11 Å². The van der Waals surface area contributed by atoms with Crippen molar-refractivity contribution in [1.82, 2.24) is 9.38 Å². The predicted molar refractivity (Wildman–Crippen MR) is 111 cm³/mol. The van der Waals surface area contributed by atoms with Gasteiger partial charge in [0, 0.05) is 17.3 Å². The van der Waals surface area contributed by atoms with Gasteiger partial charge in [0.1, 0.15) is 17.2 Å². The third-order valence-corrected chi connectivity index (χ3v) is 4.61. The Morgan fingerprint density at radius 3 is 2.31 bits per heavy atom. The van der Waals surface area contributed by atoms with E-state index in [1.807, 2.05) is 60.0 Å². The maximum absolute atomic E-state index is 12.9. The molecule has 0 atom stereocenters. The minimum Gasteiger partial charge on any atom is -0.465 e. The number of imidazole rings is 1. The fourth-order valence-corrected chi connectivity index (χ4v) is 3.12. The number of rotatable bonds is 4. The van der Waals surface area contributed by atoms with E-state index in [4.69, 9.17) is 9.72 Å². The molecule has 6 nitrogen and oxygen atoms in total. The molecule has 2 aromatic heterocycles. The zero-order valence-corrected chi connectivity index (χ0v) is 16.0. The number of nitrogens with one attached hydrogen (secondary N) is 1.